The minimum absolute atomic E-state index is 0.0440. The third-order valence-electron chi connectivity index (χ3n) is 2.75. The molecule has 0 bridgehead atoms. The first kappa shape index (κ1) is 12.6. The molecule has 0 spiro atoms. The predicted octanol–water partition coefficient (Wildman–Crippen LogP) is 2.11. The summed E-state index contributed by atoms with van der Waals surface area (Å²) in [6.45, 7) is 0.668. The fourth-order valence-electron chi connectivity index (χ4n) is 1.87. The van der Waals surface area contributed by atoms with E-state index >= 15 is 0 Å². The van der Waals surface area contributed by atoms with Crippen molar-refractivity contribution < 1.29 is 14.4 Å². The van der Waals surface area contributed by atoms with Gasteiger partial charge in [0.2, 0.25) is 0 Å². The van der Waals surface area contributed by atoms with Gasteiger partial charge in [-0.3, -0.25) is 10.1 Å². The van der Waals surface area contributed by atoms with Gasteiger partial charge in [-0.1, -0.05) is 0 Å². The molecule has 0 aromatic carbocycles. The molecule has 7 nitrogen and oxygen atoms in total. The molecule has 0 N–H and O–H groups in total. The van der Waals surface area contributed by atoms with Crippen LogP contribution >= 0.6 is 0 Å². The largest absolute Gasteiger partial charge is 0.504 e. The van der Waals surface area contributed by atoms with E-state index in [-0.39, 0.29) is 17.6 Å². The van der Waals surface area contributed by atoms with E-state index < -0.39 is 4.92 Å². The van der Waals surface area contributed by atoms with Gasteiger partial charge in [0.05, 0.1) is 18.3 Å². The Morgan fingerprint density at radius 2 is 2.50 bits per heavy atom. The SMILES string of the molecule is CO/C=C/c1nn(C2CCCCO2)cc1[N+](=O)[O-]. The Balaban J connectivity index is 2.26. The zero-order valence-electron chi connectivity index (χ0n) is 10.1. The molecule has 1 aromatic heterocycles. The van der Waals surface area contributed by atoms with Gasteiger partial charge in [0.25, 0.3) is 0 Å². The van der Waals surface area contributed by atoms with Crippen LogP contribution in [-0.4, -0.2) is 28.4 Å². The topological polar surface area (TPSA) is 79.4 Å². The van der Waals surface area contributed by atoms with Crippen LogP contribution in [-0.2, 0) is 9.47 Å². The highest BCUT2D eigenvalue weighted by atomic mass is 16.6. The maximum Gasteiger partial charge on any atom is 0.314 e. The lowest BCUT2D eigenvalue weighted by atomic mass is 10.2. The van der Waals surface area contributed by atoms with Gasteiger partial charge >= 0.3 is 5.69 Å². The van der Waals surface area contributed by atoms with E-state index in [9.17, 15) is 10.1 Å². The van der Waals surface area contributed by atoms with Crippen molar-refractivity contribution in [2.75, 3.05) is 13.7 Å². The Kier molecular flexibility index (Phi) is 3.93. The molecule has 1 atom stereocenters. The van der Waals surface area contributed by atoms with Crippen molar-refractivity contribution in [2.45, 2.75) is 25.5 Å². The van der Waals surface area contributed by atoms with Gasteiger partial charge in [0.15, 0.2) is 5.69 Å². The molecule has 1 aliphatic heterocycles. The summed E-state index contributed by atoms with van der Waals surface area (Å²) in [5.74, 6) is 0. The lowest BCUT2D eigenvalue weighted by molar-refractivity contribution is -0.385. The van der Waals surface area contributed by atoms with Crippen LogP contribution in [0.15, 0.2) is 12.5 Å². The lowest BCUT2D eigenvalue weighted by Crippen LogP contribution is -2.18. The second kappa shape index (κ2) is 5.63. The smallest absolute Gasteiger partial charge is 0.314 e. The summed E-state index contributed by atoms with van der Waals surface area (Å²) >= 11 is 0. The Bertz CT molecular complexity index is 449. The number of ether oxygens (including phenoxy) is 2. The first-order chi connectivity index (χ1) is 8.72. The zero-order valence-corrected chi connectivity index (χ0v) is 10.1. The van der Waals surface area contributed by atoms with Gasteiger partial charge < -0.3 is 9.47 Å². The molecular weight excluding hydrogens is 238 g/mol. The monoisotopic (exact) mass is 253 g/mol. The van der Waals surface area contributed by atoms with Crippen LogP contribution < -0.4 is 0 Å². The van der Waals surface area contributed by atoms with E-state index in [0.29, 0.717) is 6.61 Å². The van der Waals surface area contributed by atoms with E-state index in [2.05, 4.69) is 5.10 Å². The molecular formula is C11H15N3O4. The maximum atomic E-state index is 10.9. The molecule has 0 saturated carbocycles. The number of hydrogen-bond donors (Lipinski definition) is 0. The van der Waals surface area contributed by atoms with Gasteiger partial charge in [-0.2, -0.15) is 5.10 Å². The summed E-state index contributed by atoms with van der Waals surface area (Å²) < 4.78 is 11.8. The minimum atomic E-state index is -0.457. The van der Waals surface area contributed by atoms with E-state index in [1.165, 1.54) is 30.3 Å². The summed E-state index contributed by atoms with van der Waals surface area (Å²) in [5, 5.41) is 15.1. The molecule has 2 heterocycles. The van der Waals surface area contributed by atoms with Crippen LogP contribution in [0.3, 0.4) is 0 Å². The quantitative estimate of drug-likeness (QED) is 0.466. The van der Waals surface area contributed by atoms with Crippen molar-refractivity contribution in [3.63, 3.8) is 0 Å². The number of nitro groups is 1. The summed E-state index contributed by atoms with van der Waals surface area (Å²) in [6.07, 6.45) is 6.93. The number of aromatic nitrogens is 2. The van der Waals surface area contributed by atoms with Crippen LogP contribution in [0, 0.1) is 10.1 Å². The van der Waals surface area contributed by atoms with Crippen LogP contribution in [0.2, 0.25) is 0 Å². The minimum Gasteiger partial charge on any atom is -0.504 e. The van der Waals surface area contributed by atoms with Gasteiger partial charge in [0.1, 0.15) is 12.4 Å². The normalized spacial score (nSPS) is 20.2. The Labute approximate surface area is 104 Å². The van der Waals surface area contributed by atoms with E-state index in [1.54, 1.807) is 0 Å². The van der Waals surface area contributed by atoms with Crippen LogP contribution in [0.25, 0.3) is 6.08 Å². The molecule has 1 aromatic rings. The molecule has 1 unspecified atom stereocenters. The van der Waals surface area contributed by atoms with E-state index in [0.717, 1.165) is 19.3 Å². The van der Waals surface area contributed by atoms with Gasteiger partial charge in [-0.05, 0) is 19.3 Å². The average Bonchev–Trinajstić information content (AvgIpc) is 2.81. The highest BCUT2D eigenvalue weighted by molar-refractivity contribution is 5.55. The molecule has 0 amide bonds. The first-order valence-corrected chi connectivity index (χ1v) is 5.77. The van der Waals surface area contributed by atoms with Crippen LogP contribution in [0.1, 0.15) is 31.2 Å². The zero-order chi connectivity index (χ0) is 13.0. The molecule has 1 saturated heterocycles. The van der Waals surface area contributed by atoms with Crippen molar-refractivity contribution >= 4 is 11.8 Å². The molecule has 98 valence electrons. The Morgan fingerprint density at radius 1 is 1.67 bits per heavy atom. The molecule has 0 aliphatic carbocycles. The van der Waals surface area contributed by atoms with Gasteiger partial charge in [-0.25, -0.2) is 4.68 Å². The summed E-state index contributed by atoms with van der Waals surface area (Å²) in [6, 6.07) is 0. The van der Waals surface area contributed by atoms with E-state index in [1.807, 2.05) is 0 Å². The molecule has 0 radical (unpaired) electrons. The number of hydrogen-bond acceptors (Lipinski definition) is 5. The fourth-order valence-corrected chi connectivity index (χ4v) is 1.87. The number of nitrogens with zero attached hydrogens (tertiary/aromatic N) is 3. The van der Waals surface area contributed by atoms with Crippen LogP contribution in [0.4, 0.5) is 5.69 Å². The third-order valence-corrected chi connectivity index (χ3v) is 2.75. The van der Waals surface area contributed by atoms with Crippen molar-refractivity contribution in [1.29, 1.82) is 0 Å². The molecule has 7 heteroatoms. The Morgan fingerprint density at radius 3 is 3.11 bits per heavy atom. The van der Waals surface area contributed by atoms with Crippen molar-refractivity contribution in [3.8, 4) is 0 Å². The highest BCUT2D eigenvalue weighted by Crippen LogP contribution is 2.26. The molecule has 1 aliphatic rings. The molecule has 1 fully saturated rings. The average molecular weight is 253 g/mol. The van der Waals surface area contributed by atoms with Crippen molar-refractivity contribution in [1.82, 2.24) is 9.78 Å². The van der Waals surface area contributed by atoms with E-state index in [4.69, 9.17) is 9.47 Å². The number of rotatable bonds is 4. The molecule has 2 rings (SSSR count). The van der Waals surface area contributed by atoms with Crippen molar-refractivity contribution in [3.05, 3.63) is 28.3 Å². The number of methoxy groups -OCH3 is 1. The Hall–Kier alpha value is -1.89. The highest BCUT2D eigenvalue weighted by Gasteiger charge is 2.23. The van der Waals surface area contributed by atoms with Crippen molar-refractivity contribution in [2.24, 2.45) is 0 Å². The second-order valence-electron chi connectivity index (χ2n) is 4.00. The second-order valence-corrected chi connectivity index (χ2v) is 4.00. The fraction of sp³-hybridized carbons (Fsp3) is 0.545. The third kappa shape index (κ3) is 2.67. The van der Waals surface area contributed by atoms with Gasteiger partial charge in [0, 0.05) is 12.7 Å². The standard InChI is InChI=1S/C11H15N3O4/c1-17-7-5-9-10(14(15)16)8-13(12-9)11-4-2-3-6-18-11/h5,7-8,11H,2-4,6H2,1H3/b7-5+. The summed E-state index contributed by atoms with van der Waals surface area (Å²) in [4.78, 5) is 10.5. The summed E-state index contributed by atoms with van der Waals surface area (Å²) in [5.41, 5.74) is 0.230. The van der Waals surface area contributed by atoms with Crippen LogP contribution in [0.5, 0.6) is 0 Å². The lowest BCUT2D eigenvalue weighted by Gasteiger charge is -2.22. The molecule has 18 heavy (non-hydrogen) atoms. The predicted molar refractivity (Wildman–Crippen MR) is 63.8 cm³/mol. The first-order valence-electron chi connectivity index (χ1n) is 5.77. The maximum absolute atomic E-state index is 10.9. The van der Waals surface area contributed by atoms with Gasteiger partial charge in [-0.15, -0.1) is 0 Å². The summed E-state index contributed by atoms with van der Waals surface area (Å²) in [7, 11) is 1.48.